The molecule has 5 rings (SSSR count). The van der Waals surface area contributed by atoms with Crippen molar-refractivity contribution in [3.05, 3.63) is 113 Å². The third kappa shape index (κ3) is 5.70. The number of carbonyl (C=O) groups is 1. The third-order valence-electron chi connectivity index (χ3n) is 6.69. The van der Waals surface area contributed by atoms with Crippen LogP contribution in [0.1, 0.15) is 41.5 Å². The van der Waals surface area contributed by atoms with Gasteiger partial charge in [0.15, 0.2) is 5.69 Å². The van der Waals surface area contributed by atoms with Crippen molar-refractivity contribution in [2.45, 2.75) is 25.6 Å². The second-order valence-electron chi connectivity index (χ2n) is 9.16. The van der Waals surface area contributed by atoms with E-state index in [4.69, 9.17) is 11.7 Å². The molecule has 0 radical (unpaired) electrons. The average Bonchev–Trinajstić information content (AvgIpc) is 3.34. The van der Waals surface area contributed by atoms with Crippen LogP contribution in [0.25, 0.3) is 27.7 Å². The lowest BCUT2D eigenvalue weighted by atomic mass is 9.73. The van der Waals surface area contributed by atoms with Crippen molar-refractivity contribution in [1.29, 1.82) is 0 Å². The molecule has 1 aliphatic rings. The first-order chi connectivity index (χ1) is 18.7. The molecule has 1 N–H and O–H groups in total. The number of nitrogens with zero attached hydrogens (tertiary/aromatic N) is 3. The molecule has 1 aliphatic carbocycles. The summed E-state index contributed by atoms with van der Waals surface area (Å²) in [4.78, 5) is 18.8. The maximum Gasteiger partial charge on any atom is 0.573 e. The van der Waals surface area contributed by atoms with E-state index in [1.807, 2.05) is 41.1 Å². The monoisotopic (exact) mass is 529 g/mol. The molecular weight excluding hydrogens is 507 g/mol. The summed E-state index contributed by atoms with van der Waals surface area (Å²) in [5.41, 5.74) is 5.48. The normalized spacial score (nSPS) is 14.6. The number of allylic oxidation sites excluding steroid dienone is 1. The van der Waals surface area contributed by atoms with Gasteiger partial charge in [0.25, 0.3) is 0 Å². The number of hydrogen-bond acceptors (Lipinski definition) is 3. The minimum Gasteiger partial charge on any atom is -0.478 e. The molecule has 0 spiro atoms. The minimum absolute atomic E-state index is 0.0703. The van der Waals surface area contributed by atoms with Gasteiger partial charge in [-0.1, -0.05) is 36.8 Å². The quantitative estimate of drug-likeness (QED) is 0.152. The molecule has 0 saturated heterocycles. The number of ether oxygens (including phenoxy) is 1. The third-order valence-corrected chi connectivity index (χ3v) is 6.69. The molecule has 9 heteroatoms. The van der Waals surface area contributed by atoms with E-state index in [9.17, 15) is 18.0 Å². The molecule has 4 aromatic rings. The van der Waals surface area contributed by atoms with Gasteiger partial charge >= 0.3 is 12.3 Å². The van der Waals surface area contributed by atoms with Crippen molar-refractivity contribution in [1.82, 2.24) is 9.38 Å². The van der Waals surface area contributed by atoms with Gasteiger partial charge in [0.05, 0.1) is 6.57 Å². The molecule has 1 fully saturated rings. The molecule has 0 aliphatic heterocycles. The first-order valence-corrected chi connectivity index (χ1v) is 12.2. The van der Waals surface area contributed by atoms with E-state index in [0.717, 1.165) is 59.3 Å². The molecule has 0 bridgehead atoms. The van der Waals surface area contributed by atoms with Gasteiger partial charge in [-0.05, 0) is 82.5 Å². The molecule has 39 heavy (non-hydrogen) atoms. The van der Waals surface area contributed by atoms with Gasteiger partial charge in [-0.2, -0.15) is 0 Å². The first kappa shape index (κ1) is 25.8. The zero-order valence-corrected chi connectivity index (χ0v) is 20.5. The summed E-state index contributed by atoms with van der Waals surface area (Å²) in [5, 5.41) is 8.96. The molecule has 0 atom stereocenters. The Morgan fingerprint density at radius 3 is 2.49 bits per heavy atom. The van der Waals surface area contributed by atoms with Gasteiger partial charge in [0.2, 0.25) is 0 Å². The number of imidazole rings is 1. The van der Waals surface area contributed by atoms with Gasteiger partial charge in [0, 0.05) is 24.7 Å². The fourth-order valence-corrected chi connectivity index (χ4v) is 4.76. The molecule has 2 aromatic heterocycles. The highest BCUT2D eigenvalue weighted by Gasteiger charge is 2.32. The molecule has 2 aromatic carbocycles. The standard InChI is InChI=1S/C30H22F3N3O3/c1-34-25-17-23(39-30(31,32)33)11-12-24(25)29(20-3-2-4-20)28(22-10-13-26-35-15-16-36(26)18-22)21-8-5-19(6-9-21)7-14-27(37)38/h5-18,20H,2-4H2,(H,37,38)/b14-7+,29-28+. The number of benzene rings is 2. The van der Waals surface area contributed by atoms with E-state index in [1.54, 1.807) is 18.3 Å². The molecule has 1 saturated carbocycles. The van der Waals surface area contributed by atoms with Gasteiger partial charge < -0.3 is 14.2 Å². The summed E-state index contributed by atoms with van der Waals surface area (Å²) in [5.74, 6) is -1.40. The Morgan fingerprint density at radius 2 is 1.85 bits per heavy atom. The molecule has 2 heterocycles. The van der Waals surface area contributed by atoms with E-state index in [2.05, 4.69) is 14.6 Å². The van der Waals surface area contributed by atoms with Crippen LogP contribution in [-0.4, -0.2) is 26.8 Å². The number of rotatable bonds is 7. The van der Waals surface area contributed by atoms with Gasteiger partial charge in [-0.15, -0.1) is 13.2 Å². The lowest BCUT2D eigenvalue weighted by Crippen LogP contribution is -2.17. The van der Waals surface area contributed by atoms with E-state index >= 15 is 0 Å². The second kappa shape index (κ2) is 10.5. The highest BCUT2D eigenvalue weighted by Crippen LogP contribution is 2.48. The van der Waals surface area contributed by atoms with Crippen LogP contribution in [0.4, 0.5) is 18.9 Å². The van der Waals surface area contributed by atoms with Crippen LogP contribution in [0.15, 0.2) is 79.3 Å². The SMILES string of the molecule is [C-]#[N+]c1cc(OC(F)(F)F)ccc1/C(=C(\c1ccc(/C=C/C(=O)O)cc1)c1ccc2nccn2c1)C1CCC1. The van der Waals surface area contributed by atoms with Crippen molar-refractivity contribution in [3.8, 4) is 5.75 Å². The van der Waals surface area contributed by atoms with Crippen molar-refractivity contribution in [3.63, 3.8) is 0 Å². The van der Waals surface area contributed by atoms with Crippen LogP contribution in [0.2, 0.25) is 0 Å². The Morgan fingerprint density at radius 1 is 1.10 bits per heavy atom. The lowest BCUT2D eigenvalue weighted by Gasteiger charge is -2.32. The van der Waals surface area contributed by atoms with Crippen molar-refractivity contribution >= 4 is 34.5 Å². The van der Waals surface area contributed by atoms with Crippen LogP contribution in [0.5, 0.6) is 5.75 Å². The topological polar surface area (TPSA) is 68.2 Å². The maximum atomic E-state index is 12.9. The zero-order chi connectivity index (χ0) is 27.6. The predicted octanol–water partition coefficient (Wildman–Crippen LogP) is 7.64. The smallest absolute Gasteiger partial charge is 0.478 e. The summed E-state index contributed by atoms with van der Waals surface area (Å²) in [6.07, 6.45) is 5.91. The van der Waals surface area contributed by atoms with Crippen LogP contribution >= 0.6 is 0 Å². The average molecular weight is 530 g/mol. The lowest BCUT2D eigenvalue weighted by molar-refractivity contribution is -0.274. The van der Waals surface area contributed by atoms with E-state index < -0.39 is 18.1 Å². The Labute approximate surface area is 222 Å². The number of aromatic nitrogens is 2. The van der Waals surface area contributed by atoms with Crippen LogP contribution in [0, 0.1) is 12.5 Å². The maximum absolute atomic E-state index is 12.9. The first-order valence-electron chi connectivity index (χ1n) is 12.2. The fourth-order valence-electron chi connectivity index (χ4n) is 4.76. The van der Waals surface area contributed by atoms with Crippen molar-refractivity contribution < 1.29 is 27.8 Å². The molecular formula is C30H22F3N3O3. The Kier molecular flexibility index (Phi) is 6.94. The summed E-state index contributed by atoms with van der Waals surface area (Å²) < 4.78 is 44.6. The van der Waals surface area contributed by atoms with Crippen LogP contribution in [0.3, 0.4) is 0 Å². The number of halogens is 3. The van der Waals surface area contributed by atoms with Gasteiger partial charge in [0.1, 0.15) is 11.4 Å². The summed E-state index contributed by atoms with van der Waals surface area (Å²) in [6.45, 7) is 7.77. The molecule has 0 amide bonds. The van der Waals surface area contributed by atoms with Crippen molar-refractivity contribution in [2.24, 2.45) is 5.92 Å². The Bertz CT molecular complexity index is 1640. The number of alkyl halides is 3. The Balaban J connectivity index is 1.74. The highest BCUT2D eigenvalue weighted by atomic mass is 19.4. The minimum atomic E-state index is -4.87. The van der Waals surface area contributed by atoms with Crippen LogP contribution < -0.4 is 4.74 Å². The van der Waals surface area contributed by atoms with E-state index in [0.29, 0.717) is 11.1 Å². The number of aliphatic carboxylic acids is 1. The molecule has 0 unspecified atom stereocenters. The highest BCUT2D eigenvalue weighted by molar-refractivity contribution is 6.02. The number of pyridine rings is 1. The number of carboxylic acids is 1. The number of fused-ring (bicyclic) bond motifs is 1. The van der Waals surface area contributed by atoms with E-state index in [-0.39, 0.29) is 11.6 Å². The largest absolute Gasteiger partial charge is 0.573 e. The number of hydrogen-bond donors (Lipinski definition) is 1. The van der Waals surface area contributed by atoms with Crippen molar-refractivity contribution in [2.75, 3.05) is 0 Å². The molecule has 6 nitrogen and oxygen atoms in total. The Hall–Kier alpha value is -4.84. The summed E-state index contributed by atoms with van der Waals surface area (Å²) >= 11 is 0. The molecule has 196 valence electrons. The second-order valence-corrected chi connectivity index (χ2v) is 9.16. The van der Waals surface area contributed by atoms with Crippen LogP contribution in [-0.2, 0) is 4.79 Å². The van der Waals surface area contributed by atoms with Gasteiger partial charge in [-0.3, -0.25) is 0 Å². The fraction of sp³-hybridized carbons (Fsp3) is 0.167. The summed E-state index contributed by atoms with van der Waals surface area (Å²) in [7, 11) is 0. The predicted molar refractivity (Wildman–Crippen MR) is 141 cm³/mol. The van der Waals surface area contributed by atoms with E-state index in [1.165, 1.54) is 18.2 Å². The van der Waals surface area contributed by atoms with Gasteiger partial charge in [-0.25, -0.2) is 14.6 Å². The zero-order valence-electron chi connectivity index (χ0n) is 20.5. The number of carboxylic acid groups (broad SMARTS) is 1. The summed E-state index contributed by atoms with van der Waals surface area (Å²) in [6, 6.07) is 15.1.